The molecule has 0 aliphatic heterocycles. The predicted molar refractivity (Wildman–Crippen MR) is 71.1 cm³/mol. The van der Waals surface area contributed by atoms with Crippen LogP contribution in [-0.2, 0) is 0 Å². The average molecular weight is 302 g/mol. The van der Waals surface area contributed by atoms with E-state index in [4.69, 9.17) is 0 Å². The molecule has 1 unspecified atom stereocenters. The molecule has 2 nitrogen and oxygen atoms in total. The summed E-state index contributed by atoms with van der Waals surface area (Å²) in [4.78, 5) is 12.1. The molecule has 0 heterocycles. The zero-order valence-electron chi connectivity index (χ0n) is 10.1. The van der Waals surface area contributed by atoms with Gasteiger partial charge in [0.25, 0.3) is 5.91 Å². The van der Waals surface area contributed by atoms with Crippen LogP contribution in [0.25, 0.3) is 0 Å². The van der Waals surface area contributed by atoms with Gasteiger partial charge in [-0.2, -0.15) is 0 Å². The topological polar surface area (TPSA) is 29.1 Å². The summed E-state index contributed by atoms with van der Waals surface area (Å²) >= 11 is 3.48. The largest absolute Gasteiger partial charge is 0.351 e. The van der Waals surface area contributed by atoms with E-state index in [1.165, 1.54) is 12.1 Å². The molecule has 1 amide bonds. The Labute approximate surface area is 110 Å². The van der Waals surface area contributed by atoms with E-state index < -0.39 is 0 Å². The first kappa shape index (κ1) is 14.2. The maximum Gasteiger partial charge on any atom is 0.251 e. The molecule has 94 valence electrons. The summed E-state index contributed by atoms with van der Waals surface area (Å²) in [6.45, 7) is 4.45. The van der Waals surface area contributed by atoms with E-state index in [2.05, 4.69) is 28.2 Å². The number of carbonyl (C=O) groups excluding carboxylic acids is 1. The Morgan fingerprint density at radius 1 is 1.53 bits per heavy atom. The summed E-state index contributed by atoms with van der Waals surface area (Å²) in [5.74, 6) is -0.604. The Bertz CT molecular complexity index is 395. The highest BCUT2D eigenvalue weighted by Gasteiger charge is 2.11. The van der Waals surface area contributed by atoms with E-state index in [0.717, 1.165) is 18.4 Å². The third-order valence-corrected chi connectivity index (χ3v) is 3.31. The number of hydrogen-bond donors (Lipinski definition) is 1. The van der Waals surface area contributed by atoms with Gasteiger partial charge in [0.05, 0.1) is 0 Å². The monoisotopic (exact) mass is 301 g/mol. The molecule has 1 N–H and O–H groups in total. The molecule has 0 aliphatic carbocycles. The van der Waals surface area contributed by atoms with Crippen LogP contribution in [0.4, 0.5) is 4.39 Å². The van der Waals surface area contributed by atoms with Gasteiger partial charge in [0, 0.05) is 16.9 Å². The summed E-state index contributed by atoms with van der Waals surface area (Å²) in [6, 6.07) is 4.24. The van der Waals surface area contributed by atoms with Gasteiger partial charge in [-0.05, 0) is 31.0 Å². The van der Waals surface area contributed by atoms with E-state index in [9.17, 15) is 9.18 Å². The molecule has 1 aromatic carbocycles. The number of alkyl halides is 1. The van der Waals surface area contributed by atoms with Crippen LogP contribution < -0.4 is 5.32 Å². The fourth-order valence-corrected chi connectivity index (χ4v) is 2.17. The molecule has 1 rings (SSSR count). The van der Waals surface area contributed by atoms with Crippen molar-refractivity contribution in [2.45, 2.75) is 31.5 Å². The van der Waals surface area contributed by atoms with Crippen LogP contribution in [0.3, 0.4) is 0 Å². The Hall–Kier alpha value is -0.900. The zero-order chi connectivity index (χ0) is 12.8. The summed E-state index contributed by atoms with van der Waals surface area (Å²) in [5.41, 5.74) is 1.19. The van der Waals surface area contributed by atoms with Gasteiger partial charge in [-0.25, -0.2) is 4.39 Å². The van der Waals surface area contributed by atoms with E-state index in [0.29, 0.717) is 12.1 Å². The van der Waals surface area contributed by atoms with Crippen LogP contribution in [0.2, 0.25) is 0 Å². The second-order valence-electron chi connectivity index (χ2n) is 4.06. The van der Waals surface area contributed by atoms with Gasteiger partial charge in [-0.3, -0.25) is 4.79 Å². The second kappa shape index (κ2) is 6.74. The smallest absolute Gasteiger partial charge is 0.251 e. The predicted octanol–water partition coefficient (Wildman–Crippen LogP) is 3.43. The zero-order valence-corrected chi connectivity index (χ0v) is 11.7. The van der Waals surface area contributed by atoms with Gasteiger partial charge >= 0.3 is 0 Å². The minimum Gasteiger partial charge on any atom is -0.351 e. The molecular formula is C13H17BrFNO. The Morgan fingerprint density at radius 2 is 2.24 bits per heavy atom. The molecule has 1 aromatic rings. The molecule has 0 saturated carbocycles. The third-order valence-electron chi connectivity index (χ3n) is 2.53. The molecule has 17 heavy (non-hydrogen) atoms. The summed E-state index contributed by atoms with van der Waals surface area (Å²) < 4.78 is 13.0. The summed E-state index contributed by atoms with van der Waals surface area (Å²) in [7, 11) is 0. The van der Waals surface area contributed by atoms with Gasteiger partial charge in [-0.15, -0.1) is 0 Å². The normalized spacial score (nSPS) is 12.2. The molecule has 4 heteroatoms. The van der Waals surface area contributed by atoms with Crippen LogP contribution in [0, 0.1) is 12.7 Å². The van der Waals surface area contributed by atoms with Crippen LogP contribution >= 0.6 is 15.9 Å². The van der Waals surface area contributed by atoms with Crippen LogP contribution in [-0.4, -0.2) is 17.3 Å². The fourth-order valence-electron chi connectivity index (χ4n) is 1.55. The third kappa shape index (κ3) is 4.46. The maximum atomic E-state index is 13.0. The lowest BCUT2D eigenvalue weighted by Crippen LogP contribution is -2.30. The number of hydrogen-bond acceptors (Lipinski definition) is 1. The van der Waals surface area contributed by atoms with Crippen LogP contribution in [0.1, 0.15) is 35.7 Å². The lowest BCUT2D eigenvalue weighted by molar-refractivity contribution is 0.0952. The highest BCUT2D eigenvalue weighted by Crippen LogP contribution is 2.11. The van der Waals surface area contributed by atoms with Crippen molar-refractivity contribution in [3.8, 4) is 0 Å². The molecule has 0 saturated heterocycles. The first-order valence-electron chi connectivity index (χ1n) is 5.73. The van der Waals surface area contributed by atoms with Gasteiger partial charge in [0.2, 0.25) is 0 Å². The molecule has 0 bridgehead atoms. The van der Waals surface area contributed by atoms with Gasteiger partial charge < -0.3 is 5.32 Å². The Balaban J connectivity index is 2.61. The first-order valence-corrected chi connectivity index (χ1v) is 6.64. The van der Waals surface area contributed by atoms with Crippen LogP contribution in [0.5, 0.6) is 0 Å². The quantitative estimate of drug-likeness (QED) is 0.830. The van der Waals surface area contributed by atoms with Crippen molar-refractivity contribution >= 4 is 21.8 Å². The highest BCUT2D eigenvalue weighted by atomic mass is 79.9. The molecule has 1 atom stereocenters. The standard InChI is InChI=1S/C13H17BrFNO/c1-3-4-10(14)8-16-13(17)12-7-11(15)6-5-9(12)2/h5-7,10H,3-4,8H2,1-2H3,(H,16,17). The molecule has 0 radical (unpaired) electrons. The number of rotatable bonds is 5. The van der Waals surface area contributed by atoms with Gasteiger partial charge in [0.15, 0.2) is 0 Å². The van der Waals surface area contributed by atoms with Gasteiger partial charge in [-0.1, -0.05) is 35.3 Å². The molecular weight excluding hydrogens is 285 g/mol. The summed E-state index contributed by atoms with van der Waals surface area (Å²) in [6.07, 6.45) is 2.06. The van der Waals surface area contributed by atoms with Crippen molar-refractivity contribution < 1.29 is 9.18 Å². The molecule has 0 aliphatic rings. The average Bonchev–Trinajstić information content (AvgIpc) is 2.29. The number of amides is 1. The van der Waals surface area contributed by atoms with E-state index in [-0.39, 0.29) is 16.6 Å². The Kier molecular flexibility index (Phi) is 5.62. The Morgan fingerprint density at radius 3 is 2.88 bits per heavy atom. The summed E-state index contributed by atoms with van der Waals surface area (Å²) in [5, 5.41) is 2.80. The molecule has 0 fully saturated rings. The van der Waals surface area contributed by atoms with Gasteiger partial charge in [0.1, 0.15) is 5.82 Å². The lowest BCUT2D eigenvalue weighted by atomic mass is 10.1. The number of carbonyl (C=O) groups is 1. The van der Waals surface area contributed by atoms with Crippen molar-refractivity contribution in [3.63, 3.8) is 0 Å². The van der Waals surface area contributed by atoms with Crippen LogP contribution in [0.15, 0.2) is 18.2 Å². The number of nitrogens with one attached hydrogen (secondary N) is 1. The van der Waals surface area contributed by atoms with E-state index in [1.807, 2.05) is 0 Å². The lowest BCUT2D eigenvalue weighted by Gasteiger charge is -2.11. The first-order chi connectivity index (χ1) is 8.04. The van der Waals surface area contributed by atoms with Crippen molar-refractivity contribution in [3.05, 3.63) is 35.1 Å². The fraction of sp³-hybridized carbons (Fsp3) is 0.462. The SMILES string of the molecule is CCCC(Br)CNC(=O)c1cc(F)ccc1C. The molecule has 0 spiro atoms. The maximum absolute atomic E-state index is 13.0. The van der Waals surface area contributed by atoms with Crippen molar-refractivity contribution in [2.24, 2.45) is 0 Å². The van der Waals surface area contributed by atoms with Crippen molar-refractivity contribution in [1.82, 2.24) is 5.32 Å². The van der Waals surface area contributed by atoms with Crippen molar-refractivity contribution in [1.29, 1.82) is 0 Å². The number of halogens is 2. The minimum absolute atomic E-state index is 0.220. The molecule has 0 aromatic heterocycles. The second-order valence-corrected chi connectivity index (χ2v) is 5.35. The number of aryl methyl sites for hydroxylation is 1. The van der Waals surface area contributed by atoms with E-state index in [1.54, 1.807) is 13.0 Å². The van der Waals surface area contributed by atoms with Crippen molar-refractivity contribution in [2.75, 3.05) is 6.54 Å². The minimum atomic E-state index is -0.385. The van der Waals surface area contributed by atoms with E-state index >= 15 is 0 Å². The highest BCUT2D eigenvalue weighted by molar-refractivity contribution is 9.09. The number of benzene rings is 1.